The van der Waals surface area contributed by atoms with Crippen LogP contribution in [0.1, 0.15) is 0 Å². The van der Waals surface area contributed by atoms with Crippen LogP contribution in [0.2, 0.25) is 0 Å². The maximum atomic E-state index is 10.8. The van der Waals surface area contributed by atoms with E-state index in [1.165, 1.54) is 0 Å². The Bertz CT molecular complexity index is 868. The van der Waals surface area contributed by atoms with Crippen LogP contribution in [0.4, 0.5) is 0 Å². The largest absolute Gasteiger partial charge is 0.390 e. The van der Waals surface area contributed by atoms with Crippen molar-refractivity contribution in [3.63, 3.8) is 0 Å². The molecule has 2 saturated heterocycles. The molecule has 5 aliphatic rings. The Kier molecular flexibility index (Phi) is 4.14. The minimum Gasteiger partial charge on any atom is -0.390 e. The van der Waals surface area contributed by atoms with Gasteiger partial charge in [-0.05, 0) is 11.1 Å². The van der Waals surface area contributed by atoms with Gasteiger partial charge in [0.15, 0.2) is 12.6 Å². The van der Waals surface area contributed by atoms with Crippen LogP contribution >= 0.6 is 0 Å². The highest BCUT2D eigenvalue weighted by Gasteiger charge is 2.91. The van der Waals surface area contributed by atoms with Crippen molar-refractivity contribution < 1.29 is 44.8 Å². The van der Waals surface area contributed by atoms with E-state index in [1.807, 2.05) is 0 Å². The van der Waals surface area contributed by atoms with E-state index < -0.39 is 77.7 Å². The fourth-order valence-electron chi connectivity index (χ4n) is 6.11. The molecule has 13 unspecified atom stereocenters. The Hall–Kier alpha value is -1.74. The van der Waals surface area contributed by atoms with Crippen molar-refractivity contribution in [3.8, 4) is 0 Å². The molecule has 6 N–H and O–H groups in total. The summed E-state index contributed by atoms with van der Waals surface area (Å²) >= 11 is 0. The average molecular weight is 428 g/mol. The number of nitrogens with zero attached hydrogens (tertiary/aromatic N) is 6. The van der Waals surface area contributed by atoms with Gasteiger partial charge in [0.1, 0.15) is 29.5 Å². The maximum absolute atomic E-state index is 10.8. The average Bonchev–Trinajstić information content (AvgIpc) is 2.99. The highest BCUT2D eigenvalue weighted by molar-refractivity contribution is 5.37. The number of fused-ring (bicyclic) bond motifs is 5. The Morgan fingerprint density at radius 2 is 1.60 bits per heavy atom. The lowest BCUT2D eigenvalue weighted by Gasteiger charge is -2.81. The highest BCUT2D eigenvalue weighted by atomic mass is 16.8. The molecular formula is C15H20N6O9. The van der Waals surface area contributed by atoms with Crippen LogP contribution in [-0.4, -0.2) is 104 Å². The van der Waals surface area contributed by atoms with Crippen LogP contribution in [0.15, 0.2) is 10.2 Å². The summed E-state index contributed by atoms with van der Waals surface area (Å²) in [5, 5.41) is 68.5. The van der Waals surface area contributed by atoms with Crippen LogP contribution in [0.25, 0.3) is 20.9 Å². The first-order chi connectivity index (χ1) is 14.2. The number of hydrogen-bond donors (Lipinski definition) is 6. The summed E-state index contributed by atoms with van der Waals surface area (Å²) in [6, 6.07) is 0. The third kappa shape index (κ3) is 1.93. The van der Waals surface area contributed by atoms with E-state index >= 15 is 0 Å². The Morgan fingerprint density at radius 3 is 2.27 bits per heavy atom. The zero-order valence-electron chi connectivity index (χ0n) is 15.3. The number of aliphatic hydroxyl groups is 6. The first-order valence-corrected chi connectivity index (χ1v) is 9.35. The lowest BCUT2D eigenvalue weighted by Crippen LogP contribution is -2.98. The second kappa shape index (κ2) is 6.16. The summed E-state index contributed by atoms with van der Waals surface area (Å²) in [7, 11) is 0. The van der Waals surface area contributed by atoms with Crippen molar-refractivity contribution in [2.45, 2.75) is 60.4 Å². The van der Waals surface area contributed by atoms with Gasteiger partial charge in [0.05, 0.1) is 36.2 Å². The van der Waals surface area contributed by atoms with E-state index in [0.717, 1.165) is 0 Å². The van der Waals surface area contributed by atoms with Gasteiger partial charge in [-0.15, -0.1) is 0 Å². The highest BCUT2D eigenvalue weighted by Crippen LogP contribution is 2.73. The van der Waals surface area contributed by atoms with Crippen LogP contribution in [0, 0.1) is 17.3 Å². The van der Waals surface area contributed by atoms with Gasteiger partial charge in [0.2, 0.25) is 0 Å². The van der Waals surface area contributed by atoms with E-state index in [9.17, 15) is 30.6 Å². The molecule has 30 heavy (non-hydrogen) atoms. The van der Waals surface area contributed by atoms with Crippen molar-refractivity contribution >= 4 is 0 Å². The molecule has 0 bridgehead atoms. The zero-order chi connectivity index (χ0) is 21.6. The molecule has 15 nitrogen and oxygen atoms in total. The molecular weight excluding hydrogens is 408 g/mol. The van der Waals surface area contributed by atoms with Crippen LogP contribution in [0.5, 0.6) is 0 Å². The van der Waals surface area contributed by atoms with Gasteiger partial charge < -0.3 is 44.8 Å². The van der Waals surface area contributed by atoms with Crippen LogP contribution in [0.3, 0.4) is 0 Å². The Morgan fingerprint density at radius 1 is 0.933 bits per heavy atom. The van der Waals surface area contributed by atoms with Crippen molar-refractivity contribution in [2.75, 3.05) is 13.1 Å². The summed E-state index contributed by atoms with van der Waals surface area (Å²) in [5.74, 6) is -1.97. The smallest absolute Gasteiger partial charge is 0.170 e. The van der Waals surface area contributed by atoms with Crippen molar-refractivity contribution in [1.29, 1.82) is 0 Å². The van der Waals surface area contributed by atoms with Crippen LogP contribution < -0.4 is 0 Å². The Balaban J connectivity index is 1.38. The van der Waals surface area contributed by atoms with E-state index in [1.54, 1.807) is 0 Å². The van der Waals surface area contributed by atoms with Gasteiger partial charge in [0, 0.05) is 22.3 Å². The van der Waals surface area contributed by atoms with Gasteiger partial charge in [-0.3, -0.25) is 0 Å². The second-order valence-corrected chi connectivity index (χ2v) is 8.54. The van der Waals surface area contributed by atoms with E-state index in [2.05, 4.69) is 20.1 Å². The number of aliphatic hydroxyl groups excluding tert-OH is 4. The molecule has 0 aromatic rings. The lowest BCUT2D eigenvalue weighted by molar-refractivity contribution is -0.541. The maximum Gasteiger partial charge on any atom is 0.170 e. The fourth-order valence-corrected chi connectivity index (χ4v) is 6.11. The third-order valence-electron chi connectivity index (χ3n) is 7.61. The fraction of sp³-hybridized carbons (Fsp3) is 1.00. The number of ether oxygens (including phenoxy) is 3. The minimum atomic E-state index is -1.91. The van der Waals surface area contributed by atoms with Crippen LogP contribution in [-0.2, 0) is 14.2 Å². The molecule has 0 spiro atoms. The third-order valence-corrected chi connectivity index (χ3v) is 7.61. The Labute approximate surface area is 167 Å². The molecule has 0 aromatic heterocycles. The van der Waals surface area contributed by atoms with E-state index in [-0.39, 0.29) is 13.1 Å². The van der Waals surface area contributed by atoms with Gasteiger partial charge in [0.25, 0.3) is 0 Å². The summed E-state index contributed by atoms with van der Waals surface area (Å²) in [6.07, 6.45) is -10.2. The van der Waals surface area contributed by atoms with Crippen molar-refractivity contribution in [1.82, 2.24) is 0 Å². The van der Waals surface area contributed by atoms with E-state index in [0.29, 0.717) is 0 Å². The minimum absolute atomic E-state index is 0.204. The zero-order valence-corrected chi connectivity index (χ0v) is 15.3. The monoisotopic (exact) mass is 428 g/mol. The molecule has 2 heterocycles. The summed E-state index contributed by atoms with van der Waals surface area (Å²) in [4.78, 5) is 5.30. The molecule has 164 valence electrons. The normalized spacial score (nSPS) is 59.5. The predicted molar refractivity (Wildman–Crippen MR) is 89.8 cm³/mol. The quantitative estimate of drug-likeness (QED) is 0.145. The molecule has 5 fully saturated rings. The van der Waals surface area contributed by atoms with Gasteiger partial charge >= 0.3 is 0 Å². The molecule has 3 saturated carbocycles. The number of rotatable bonds is 6. The standard InChI is InChI=1S/C15H20N6O9/c16-20-18-1-3-14(26)4(5(22)8(14)24)10(28-3)29-12-13(2-19-21-17)7-6(23)9(25)15(7,27)11(13)30-12/h3-12,22-27H,1-2H2. The van der Waals surface area contributed by atoms with Crippen molar-refractivity contribution in [2.24, 2.45) is 27.5 Å². The number of azide groups is 2. The van der Waals surface area contributed by atoms with E-state index in [4.69, 9.17) is 25.3 Å². The van der Waals surface area contributed by atoms with Gasteiger partial charge in [-0.1, -0.05) is 10.2 Å². The first-order valence-electron chi connectivity index (χ1n) is 9.35. The second-order valence-electron chi connectivity index (χ2n) is 8.54. The predicted octanol–water partition coefficient (Wildman–Crippen LogP) is -2.76. The van der Waals surface area contributed by atoms with Crippen molar-refractivity contribution in [3.05, 3.63) is 20.9 Å². The summed E-state index contributed by atoms with van der Waals surface area (Å²) < 4.78 is 17.0. The molecule has 0 amide bonds. The summed E-state index contributed by atoms with van der Waals surface area (Å²) in [6.45, 7) is -0.525. The molecule has 15 heteroatoms. The molecule has 3 aliphatic carbocycles. The first kappa shape index (κ1) is 20.2. The molecule has 5 rings (SSSR count). The topological polar surface area (TPSA) is 247 Å². The molecule has 13 atom stereocenters. The van der Waals surface area contributed by atoms with Gasteiger partial charge in [-0.2, -0.15) is 0 Å². The SMILES string of the molecule is [N-]=[N+]=NCC1OC(OC2OC3C4(O)C(O)C(O)C4C23CN=[N+]=[N-])C2C(O)C(O)C12O. The lowest BCUT2D eigenvalue weighted by atomic mass is 9.35. The number of hydrogen-bond acceptors (Lipinski definition) is 11. The molecule has 2 aliphatic heterocycles. The summed E-state index contributed by atoms with van der Waals surface area (Å²) in [5.41, 5.74) is 12.5. The molecule has 0 radical (unpaired) electrons. The molecule has 0 aromatic carbocycles. The van der Waals surface area contributed by atoms with Gasteiger partial charge in [-0.25, -0.2) is 0 Å².